The number of aryl methyl sites for hydroxylation is 1. The highest BCUT2D eigenvalue weighted by Gasteiger charge is 2.34. The Balaban J connectivity index is 1.42. The van der Waals surface area contributed by atoms with E-state index >= 15 is 0 Å². The second kappa shape index (κ2) is 7.02. The molecule has 0 unspecified atom stereocenters. The Morgan fingerprint density at radius 3 is 2.33 bits per heavy atom. The zero-order valence-corrected chi connectivity index (χ0v) is 16.5. The van der Waals surface area contributed by atoms with E-state index in [1.165, 1.54) is 4.90 Å². The van der Waals surface area contributed by atoms with Crippen LogP contribution in [0.5, 0.6) is 0 Å². The van der Waals surface area contributed by atoms with Crippen LogP contribution in [0.4, 0.5) is 10.6 Å². The van der Waals surface area contributed by atoms with Gasteiger partial charge in [-0.2, -0.15) is 0 Å². The van der Waals surface area contributed by atoms with Gasteiger partial charge in [0.1, 0.15) is 12.4 Å². The van der Waals surface area contributed by atoms with Crippen LogP contribution in [0.3, 0.4) is 0 Å². The number of amides is 1. The molecule has 5 rings (SSSR count). The van der Waals surface area contributed by atoms with Gasteiger partial charge in [0.2, 0.25) is 0 Å². The monoisotopic (exact) mass is 403 g/mol. The maximum atomic E-state index is 13.0. The van der Waals surface area contributed by atoms with Crippen LogP contribution in [0, 0.1) is 6.92 Å². The third kappa shape index (κ3) is 2.77. The normalized spacial score (nSPS) is 14.8. The van der Waals surface area contributed by atoms with Crippen molar-refractivity contribution < 1.29 is 19.4 Å². The number of imidazole rings is 1. The van der Waals surface area contributed by atoms with Crippen molar-refractivity contribution >= 4 is 17.9 Å². The summed E-state index contributed by atoms with van der Waals surface area (Å²) in [6, 6.07) is 16.3. The minimum absolute atomic E-state index is 0.0447. The van der Waals surface area contributed by atoms with Crippen LogP contribution in [0.25, 0.3) is 11.1 Å². The molecule has 7 heteroatoms. The molecule has 7 nitrogen and oxygen atoms in total. The maximum absolute atomic E-state index is 13.0. The van der Waals surface area contributed by atoms with Crippen LogP contribution in [0.15, 0.2) is 48.5 Å². The van der Waals surface area contributed by atoms with Crippen molar-refractivity contribution in [2.75, 3.05) is 18.1 Å². The van der Waals surface area contributed by atoms with Crippen molar-refractivity contribution in [3.63, 3.8) is 0 Å². The third-order valence-electron chi connectivity index (χ3n) is 5.91. The molecule has 1 aliphatic heterocycles. The van der Waals surface area contributed by atoms with E-state index in [1.54, 1.807) is 11.5 Å². The second-order valence-electron chi connectivity index (χ2n) is 7.60. The molecule has 0 radical (unpaired) electrons. The number of ether oxygens (including phenoxy) is 1. The number of hydrogen-bond donors (Lipinski definition) is 1. The summed E-state index contributed by atoms with van der Waals surface area (Å²) in [7, 11) is 0. The summed E-state index contributed by atoms with van der Waals surface area (Å²) in [5, 5.41) is 9.52. The second-order valence-corrected chi connectivity index (χ2v) is 7.60. The van der Waals surface area contributed by atoms with Crippen molar-refractivity contribution in [1.82, 2.24) is 9.55 Å². The van der Waals surface area contributed by atoms with Crippen LogP contribution in [0.1, 0.15) is 39.8 Å². The third-order valence-corrected chi connectivity index (χ3v) is 5.91. The lowest BCUT2D eigenvalue weighted by Gasteiger charge is -2.29. The summed E-state index contributed by atoms with van der Waals surface area (Å²) in [4.78, 5) is 30.2. The van der Waals surface area contributed by atoms with E-state index in [-0.39, 0.29) is 18.2 Å². The summed E-state index contributed by atoms with van der Waals surface area (Å²) < 4.78 is 7.51. The van der Waals surface area contributed by atoms with Gasteiger partial charge in [-0.25, -0.2) is 14.6 Å². The van der Waals surface area contributed by atoms with Crippen molar-refractivity contribution in [3.05, 3.63) is 71.2 Å². The molecule has 2 heterocycles. The molecule has 0 saturated carbocycles. The lowest BCUT2D eigenvalue weighted by molar-refractivity contribution is 0.0691. The number of fused-ring (bicyclic) bond motifs is 4. The number of rotatable bonds is 3. The van der Waals surface area contributed by atoms with Crippen LogP contribution in [0.2, 0.25) is 0 Å². The molecule has 0 fully saturated rings. The lowest BCUT2D eigenvalue weighted by Crippen LogP contribution is -2.39. The number of benzene rings is 2. The molecule has 1 aliphatic carbocycles. The van der Waals surface area contributed by atoms with Gasteiger partial charge >= 0.3 is 12.1 Å². The molecule has 0 saturated heterocycles. The van der Waals surface area contributed by atoms with Gasteiger partial charge in [0.05, 0.1) is 0 Å². The van der Waals surface area contributed by atoms with Crippen molar-refractivity contribution in [2.45, 2.75) is 25.8 Å². The van der Waals surface area contributed by atoms with Crippen molar-refractivity contribution in [1.29, 1.82) is 0 Å². The highest BCUT2D eigenvalue weighted by molar-refractivity contribution is 5.97. The van der Waals surface area contributed by atoms with E-state index in [0.717, 1.165) is 22.3 Å². The van der Waals surface area contributed by atoms with Gasteiger partial charge in [-0.3, -0.25) is 4.90 Å². The van der Waals surface area contributed by atoms with Gasteiger partial charge in [-0.15, -0.1) is 0 Å². The Bertz CT molecular complexity index is 1120. The van der Waals surface area contributed by atoms with E-state index < -0.39 is 12.1 Å². The van der Waals surface area contributed by atoms with E-state index in [0.29, 0.717) is 31.2 Å². The number of carbonyl (C=O) groups excluding carboxylic acids is 1. The fourth-order valence-corrected chi connectivity index (χ4v) is 4.58. The lowest BCUT2D eigenvalue weighted by atomic mass is 9.98. The SMILES string of the molecule is Cc1nc(C(=O)O)c2n1CCCN2C(=O)OCC1c2ccccc2-c2ccccc21. The number of carboxylic acids is 1. The highest BCUT2D eigenvalue weighted by Crippen LogP contribution is 2.44. The summed E-state index contributed by atoms with van der Waals surface area (Å²) in [5.74, 6) is -0.302. The summed E-state index contributed by atoms with van der Waals surface area (Å²) in [5.41, 5.74) is 4.48. The molecule has 1 aromatic heterocycles. The van der Waals surface area contributed by atoms with E-state index in [2.05, 4.69) is 29.2 Å². The zero-order valence-electron chi connectivity index (χ0n) is 16.5. The number of anilines is 1. The predicted molar refractivity (Wildman–Crippen MR) is 111 cm³/mol. The first-order chi connectivity index (χ1) is 14.6. The number of carbonyl (C=O) groups is 2. The minimum atomic E-state index is -1.15. The maximum Gasteiger partial charge on any atom is 0.415 e. The molecule has 30 heavy (non-hydrogen) atoms. The number of hydrogen-bond acceptors (Lipinski definition) is 4. The number of carboxylic acid groups (broad SMARTS) is 1. The molecule has 2 aliphatic rings. The minimum Gasteiger partial charge on any atom is -0.476 e. The van der Waals surface area contributed by atoms with Gasteiger partial charge < -0.3 is 14.4 Å². The molecule has 0 spiro atoms. The van der Waals surface area contributed by atoms with Crippen molar-refractivity contribution in [3.8, 4) is 11.1 Å². The highest BCUT2D eigenvalue weighted by atomic mass is 16.6. The van der Waals surface area contributed by atoms with Crippen LogP contribution < -0.4 is 4.90 Å². The average molecular weight is 403 g/mol. The topological polar surface area (TPSA) is 84.7 Å². The molecule has 0 bridgehead atoms. The number of nitrogens with zero attached hydrogens (tertiary/aromatic N) is 3. The van der Waals surface area contributed by atoms with Gasteiger partial charge in [-0.05, 0) is 35.6 Å². The molecule has 3 aromatic rings. The smallest absolute Gasteiger partial charge is 0.415 e. The van der Waals surface area contributed by atoms with E-state index in [4.69, 9.17) is 4.74 Å². The molecule has 152 valence electrons. The van der Waals surface area contributed by atoms with E-state index in [1.807, 2.05) is 24.3 Å². The standard InChI is InChI=1S/C23H21N3O4/c1-14-24-20(22(27)28)21-25(14)11-6-12-26(21)23(29)30-13-19-17-9-4-2-7-15(17)16-8-3-5-10-18(16)19/h2-5,7-10,19H,6,11-13H2,1H3,(H,27,28). The predicted octanol–water partition coefficient (Wildman–Crippen LogP) is 4.05. The van der Waals surface area contributed by atoms with Crippen LogP contribution in [-0.2, 0) is 11.3 Å². The fourth-order valence-electron chi connectivity index (χ4n) is 4.58. The Morgan fingerprint density at radius 2 is 1.70 bits per heavy atom. The fraction of sp³-hybridized carbons (Fsp3) is 0.261. The van der Waals surface area contributed by atoms with Crippen molar-refractivity contribution in [2.24, 2.45) is 0 Å². The Kier molecular flexibility index (Phi) is 4.31. The zero-order chi connectivity index (χ0) is 20.8. The number of aromatic carboxylic acids is 1. The largest absolute Gasteiger partial charge is 0.476 e. The Labute approximate surface area is 173 Å². The molecule has 2 aromatic carbocycles. The first kappa shape index (κ1) is 18.4. The first-order valence-corrected chi connectivity index (χ1v) is 9.99. The van der Waals surface area contributed by atoms with Gasteiger partial charge in [-0.1, -0.05) is 48.5 Å². The molecule has 1 amide bonds. The number of aromatic nitrogens is 2. The van der Waals surface area contributed by atoms with Crippen LogP contribution >= 0.6 is 0 Å². The molecule has 0 atom stereocenters. The van der Waals surface area contributed by atoms with E-state index in [9.17, 15) is 14.7 Å². The molecular formula is C23H21N3O4. The quantitative estimate of drug-likeness (QED) is 0.713. The van der Waals surface area contributed by atoms with Gasteiger partial charge in [0.25, 0.3) is 0 Å². The first-order valence-electron chi connectivity index (χ1n) is 9.99. The summed E-state index contributed by atoms with van der Waals surface area (Å²) in [6.07, 6.45) is 0.174. The molecular weight excluding hydrogens is 382 g/mol. The molecule has 1 N–H and O–H groups in total. The van der Waals surface area contributed by atoms with Gasteiger partial charge in [0, 0.05) is 19.0 Å². The van der Waals surface area contributed by atoms with Gasteiger partial charge in [0.15, 0.2) is 11.5 Å². The average Bonchev–Trinajstić information content (AvgIpc) is 3.27. The summed E-state index contributed by atoms with van der Waals surface area (Å²) in [6.45, 7) is 2.98. The Morgan fingerprint density at radius 1 is 1.07 bits per heavy atom. The Hall–Kier alpha value is -3.61. The van der Waals surface area contributed by atoms with Crippen LogP contribution in [-0.4, -0.2) is 39.9 Å². The summed E-state index contributed by atoms with van der Waals surface area (Å²) >= 11 is 0.